The van der Waals surface area contributed by atoms with Gasteiger partial charge >= 0.3 is 6.18 Å². The van der Waals surface area contributed by atoms with Gasteiger partial charge in [0.1, 0.15) is 0 Å². The lowest BCUT2D eigenvalue weighted by molar-refractivity contribution is -0.138. The van der Waals surface area contributed by atoms with E-state index < -0.39 is 11.7 Å². The Labute approximate surface area is 93.6 Å². The number of hydrogen-bond donors (Lipinski definition) is 0. The number of aryl methyl sites for hydroxylation is 1. The van der Waals surface area contributed by atoms with Gasteiger partial charge in [0.25, 0.3) is 0 Å². The lowest BCUT2D eigenvalue weighted by Crippen LogP contribution is -2.10. The first-order chi connectivity index (χ1) is 6.86. The van der Waals surface area contributed by atoms with E-state index in [0.717, 1.165) is 6.07 Å². The molecule has 0 aromatic heterocycles. The normalized spacial score (nSPS) is 11.2. The van der Waals surface area contributed by atoms with Crippen LogP contribution in [0.25, 0.3) is 0 Å². The van der Waals surface area contributed by atoms with Gasteiger partial charge in [-0.1, -0.05) is 15.9 Å². The van der Waals surface area contributed by atoms with Crippen molar-refractivity contribution in [1.29, 1.82) is 5.26 Å². The summed E-state index contributed by atoms with van der Waals surface area (Å²) >= 11 is 3.01. The molecule has 0 aliphatic heterocycles. The quantitative estimate of drug-likeness (QED) is 0.765. The summed E-state index contributed by atoms with van der Waals surface area (Å²) in [5, 5.41) is 8.47. The van der Waals surface area contributed by atoms with Crippen molar-refractivity contribution in [2.24, 2.45) is 0 Å². The van der Waals surface area contributed by atoms with E-state index in [4.69, 9.17) is 5.26 Å². The zero-order valence-corrected chi connectivity index (χ0v) is 9.41. The van der Waals surface area contributed by atoms with Gasteiger partial charge < -0.3 is 0 Å². The molecule has 0 N–H and O–H groups in total. The number of hydrogen-bond acceptors (Lipinski definition) is 1. The predicted molar refractivity (Wildman–Crippen MR) is 53.2 cm³/mol. The van der Waals surface area contributed by atoms with Crippen LogP contribution in [0.1, 0.15) is 16.7 Å². The first kappa shape index (κ1) is 12.1. The number of rotatable bonds is 1. The third kappa shape index (κ3) is 2.72. The summed E-state index contributed by atoms with van der Waals surface area (Å²) in [6, 6.07) is 4.31. The van der Waals surface area contributed by atoms with Gasteiger partial charge in [-0.2, -0.15) is 18.4 Å². The van der Waals surface area contributed by atoms with Crippen molar-refractivity contribution in [2.75, 3.05) is 0 Å². The molecular formula is C10H7BrF3N. The molecule has 0 radical (unpaired) electrons. The van der Waals surface area contributed by atoms with E-state index in [-0.39, 0.29) is 12.0 Å². The molecule has 0 heterocycles. The average Bonchev–Trinajstić information content (AvgIpc) is 2.07. The molecular weight excluding hydrogens is 271 g/mol. The van der Waals surface area contributed by atoms with Crippen LogP contribution in [-0.2, 0) is 12.6 Å². The van der Waals surface area contributed by atoms with Crippen molar-refractivity contribution < 1.29 is 13.2 Å². The number of benzene rings is 1. The molecule has 1 nitrogen and oxygen atoms in total. The maximum absolute atomic E-state index is 12.6. The smallest absolute Gasteiger partial charge is 0.198 e. The Balaban J connectivity index is 3.41. The van der Waals surface area contributed by atoms with Crippen molar-refractivity contribution in [1.82, 2.24) is 0 Å². The standard InChI is InChI=1S/C10H7BrF3N/c1-6-4-7(11)5-9(10(12,13)14)8(6)2-3-15/h4-5H,2H2,1H3. The molecule has 5 heteroatoms. The topological polar surface area (TPSA) is 23.8 Å². The number of nitrogens with zero attached hydrogens (tertiary/aromatic N) is 1. The second-order valence-electron chi connectivity index (χ2n) is 3.08. The molecule has 0 spiro atoms. The zero-order chi connectivity index (χ0) is 11.6. The highest BCUT2D eigenvalue weighted by Crippen LogP contribution is 2.35. The van der Waals surface area contributed by atoms with E-state index in [1.54, 1.807) is 19.1 Å². The van der Waals surface area contributed by atoms with Crippen molar-refractivity contribution >= 4 is 15.9 Å². The van der Waals surface area contributed by atoms with Crippen LogP contribution >= 0.6 is 15.9 Å². The second kappa shape index (κ2) is 4.23. The molecule has 0 bridgehead atoms. The van der Waals surface area contributed by atoms with E-state index >= 15 is 0 Å². The van der Waals surface area contributed by atoms with Crippen molar-refractivity contribution in [3.63, 3.8) is 0 Å². The fourth-order valence-electron chi connectivity index (χ4n) is 1.34. The molecule has 0 aliphatic carbocycles. The minimum atomic E-state index is -4.42. The first-order valence-corrected chi connectivity index (χ1v) is 4.88. The first-order valence-electron chi connectivity index (χ1n) is 4.09. The molecule has 80 valence electrons. The van der Waals surface area contributed by atoms with Gasteiger partial charge in [-0.15, -0.1) is 0 Å². The molecule has 1 aromatic carbocycles. The lowest BCUT2D eigenvalue weighted by atomic mass is 9.99. The van der Waals surface area contributed by atoms with Gasteiger partial charge in [0.05, 0.1) is 18.1 Å². The Morgan fingerprint density at radius 1 is 1.40 bits per heavy atom. The highest BCUT2D eigenvalue weighted by Gasteiger charge is 2.34. The summed E-state index contributed by atoms with van der Waals surface area (Å²) in [6.07, 6.45) is -4.64. The summed E-state index contributed by atoms with van der Waals surface area (Å²) in [7, 11) is 0. The SMILES string of the molecule is Cc1cc(Br)cc(C(F)(F)F)c1CC#N. The lowest BCUT2D eigenvalue weighted by Gasteiger charge is -2.13. The number of halogens is 4. The molecule has 0 fully saturated rings. The van der Waals surface area contributed by atoms with Gasteiger partial charge in [-0.05, 0) is 30.2 Å². The van der Waals surface area contributed by atoms with Crippen LogP contribution in [0.4, 0.5) is 13.2 Å². The molecule has 0 aliphatic rings. The van der Waals surface area contributed by atoms with E-state index in [9.17, 15) is 13.2 Å². The van der Waals surface area contributed by atoms with Crippen LogP contribution in [0.5, 0.6) is 0 Å². The number of nitriles is 1. The predicted octanol–water partition coefficient (Wildman–Crippen LogP) is 3.84. The van der Waals surface area contributed by atoms with Gasteiger partial charge in [-0.3, -0.25) is 0 Å². The maximum atomic E-state index is 12.6. The Bertz CT molecular complexity index is 418. The maximum Gasteiger partial charge on any atom is 0.416 e. The third-order valence-electron chi connectivity index (χ3n) is 2.00. The largest absolute Gasteiger partial charge is 0.416 e. The molecule has 0 atom stereocenters. The van der Waals surface area contributed by atoms with Gasteiger partial charge in [0.15, 0.2) is 0 Å². The van der Waals surface area contributed by atoms with Gasteiger partial charge in [0, 0.05) is 4.47 Å². The second-order valence-corrected chi connectivity index (χ2v) is 4.00. The summed E-state index contributed by atoms with van der Waals surface area (Å²) in [4.78, 5) is 0. The van der Waals surface area contributed by atoms with E-state index in [1.165, 1.54) is 0 Å². The highest BCUT2D eigenvalue weighted by atomic mass is 79.9. The molecule has 0 amide bonds. The van der Waals surface area contributed by atoms with Crippen LogP contribution in [0.15, 0.2) is 16.6 Å². The Morgan fingerprint density at radius 2 is 2.00 bits per heavy atom. The monoisotopic (exact) mass is 277 g/mol. The van der Waals surface area contributed by atoms with E-state index in [2.05, 4.69) is 15.9 Å². The summed E-state index contributed by atoms with van der Waals surface area (Å²) < 4.78 is 38.2. The van der Waals surface area contributed by atoms with Gasteiger partial charge in [-0.25, -0.2) is 0 Å². The molecule has 1 rings (SSSR count). The third-order valence-corrected chi connectivity index (χ3v) is 2.46. The highest BCUT2D eigenvalue weighted by molar-refractivity contribution is 9.10. The fourth-order valence-corrected chi connectivity index (χ4v) is 1.91. The van der Waals surface area contributed by atoms with E-state index in [0.29, 0.717) is 10.0 Å². The van der Waals surface area contributed by atoms with Gasteiger partial charge in [0.2, 0.25) is 0 Å². The molecule has 0 unspecified atom stereocenters. The van der Waals surface area contributed by atoms with Crippen LogP contribution in [0, 0.1) is 18.3 Å². The minimum absolute atomic E-state index is 0.0493. The molecule has 1 aromatic rings. The number of alkyl halides is 3. The molecule has 15 heavy (non-hydrogen) atoms. The minimum Gasteiger partial charge on any atom is -0.198 e. The Hall–Kier alpha value is -1.02. The Morgan fingerprint density at radius 3 is 2.47 bits per heavy atom. The summed E-state index contributed by atoms with van der Waals surface area (Å²) in [5.41, 5.74) is -0.220. The summed E-state index contributed by atoms with van der Waals surface area (Å²) in [5.74, 6) is 0. The molecule has 0 saturated heterocycles. The van der Waals surface area contributed by atoms with Crippen molar-refractivity contribution in [2.45, 2.75) is 19.5 Å². The van der Waals surface area contributed by atoms with Crippen molar-refractivity contribution in [3.05, 3.63) is 33.3 Å². The molecule has 0 saturated carbocycles. The average molecular weight is 278 g/mol. The van der Waals surface area contributed by atoms with Crippen LogP contribution in [-0.4, -0.2) is 0 Å². The van der Waals surface area contributed by atoms with Crippen LogP contribution < -0.4 is 0 Å². The fraction of sp³-hybridized carbons (Fsp3) is 0.300. The Kier molecular flexibility index (Phi) is 3.40. The zero-order valence-electron chi connectivity index (χ0n) is 7.82. The van der Waals surface area contributed by atoms with Crippen LogP contribution in [0.2, 0.25) is 0 Å². The van der Waals surface area contributed by atoms with Crippen molar-refractivity contribution in [3.8, 4) is 6.07 Å². The summed E-state index contributed by atoms with van der Waals surface area (Å²) in [6.45, 7) is 1.56. The van der Waals surface area contributed by atoms with Crippen LogP contribution in [0.3, 0.4) is 0 Å². The van der Waals surface area contributed by atoms with E-state index in [1.807, 2.05) is 0 Å².